The SMILES string of the molecule is CCCNC(CN1CCN(C2CC2)CC1)C1CCCCC1. The van der Waals surface area contributed by atoms with E-state index in [0.717, 1.165) is 18.0 Å². The lowest BCUT2D eigenvalue weighted by atomic mass is 9.83. The number of hydrogen-bond donors (Lipinski definition) is 1. The van der Waals surface area contributed by atoms with Gasteiger partial charge in [-0.15, -0.1) is 0 Å². The molecule has 0 radical (unpaired) electrons. The highest BCUT2D eigenvalue weighted by molar-refractivity contribution is 4.89. The second-order valence-corrected chi connectivity index (χ2v) is 7.53. The van der Waals surface area contributed by atoms with E-state index in [9.17, 15) is 0 Å². The fraction of sp³-hybridized carbons (Fsp3) is 1.00. The predicted molar refractivity (Wildman–Crippen MR) is 89.7 cm³/mol. The zero-order valence-electron chi connectivity index (χ0n) is 14.0. The molecule has 1 heterocycles. The molecule has 2 aliphatic carbocycles. The summed E-state index contributed by atoms with van der Waals surface area (Å²) in [6.45, 7) is 10.0. The number of rotatable bonds is 7. The predicted octanol–water partition coefficient (Wildman–Crippen LogP) is 2.71. The van der Waals surface area contributed by atoms with Crippen molar-refractivity contribution in [3.8, 4) is 0 Å². The van der Waals surface area contributed by atoms with Crippen LogP contribution in [0.2, 0.25) is 0 Å². The number of piperazine rings is 1. The molecule has 3 heteroatoms. The zero-order chi connectivity index (χ0) is 14.5. The van der Waals surface area contributed by atoms with E-state index in [4.69, 9.17) is 0 Å². The summed E-state index contributed by atoms with van der Waals surface area (Å²) in [6.07, 6.45) is 11.5. The third-order valence-corrected chi connectivity index (χ3v) is 5.80. The van der Waals surface area contributed by atoms with Gasteiger partial charge in [-0.2, -0.15) is 0 Å². The summed E-state index contributed by atoms with van der Waals surface area (Å²) in [4.78, 5) is 5.46. The third kappa shape index (κ3) is 4.67. The molecule has 1 aliphatic heterocycles. The smallest absolute Gasteiger partial charge is 0.0223 e. The van der Waals surface area contributed by atoms with Gasteiger partial charge in [-0.05, 0) is 44.6 Å². The maximum Gasteiger partial charge on any atom is 0.0223 e. The maximum atomic E-state index is 3.88. The molecular formula is C18H35N3. The van der Waals surface area contributed by atoms with Crippen molar-refractivity contribution in [1.29, 1.82) is 0 Å². The fourth-order valence-electron chi connectivity index (χ4n) is 4.28. The molecular weight excluding hydrogens is 258 g/mol. The zero-order valence-corrected chi connectivity index (χ0v) is 14.0. The van der Waals surface area contributed by atoms with Crippen molar-refractivity contribution in [1.82, 2.24) is 15.1 Å². The van der Waals surface area contributed by atoms with Crippen LogP contribution in [0.4, 0.5) is 0 Å². The molecule has 3 fully saturated rings. The molecule has 3 rings (SSSR count). The Balaban J connectivity index is 1.46. The van der Waals surface area contributed by atoms with Crippen LogP contribution in [0.3, 0.4) is 0 Å². The van der Waals surface area contributed by atoms with E-state index in [1.165, 1.54) is 90.6 Å². The van der Waals surface area contributed by atoms with Crippen LogP contribution in [0.1, 0.15) is 58.3 Å². The summed E-state index contributed by atoms with van der Waals surface area (Å²) in [6, 6.07) is 1.71. The van der Waals surface area contributed by atoms with Crippen molar-refractivity contribution in [2.24, 2.45) is 5.92 Å². The Bertz CT molecular complexity index is 289. The largest absolute Gasteiger partial charge is 0.312 e. The van der Waals surface area contributed by atoms with E-state index < -0.39 is 0 Å². The van der Waals surface area contributed by atoms with Gasteiger partial charge < -0.3 is 5.32 Å². The van der Waals surface area contributed by atoms with Gasteiger partial charge in [0.2, 0.25) is 0 Å². The van der Waals surface area contributed by atoms with Crippen LogP contribution in [0.15, 0.2) is 0 Å². The minimum absolute atomic E-state index is 0.748. The topological polar surface area (TPSA) is 18.5 Å². The highest BCUT2D eigenvalue weighted by Gasteiger charge is 2.32. The average molecular weight is 293 g/mol. The van der Waals surface area contributed by atoms with Gasteiger partial charge in [0.1, 0.15) is 0 Å². The van der Waals surface area contributed by atoms with E-state index in [2.05, 4.69) is 22.0 Å². The Labute approximate surface area is 131 Å². The number of nitrogens with zero attached hydrogens (tertiary/aromatic N) is 2. The molecule has 1 unspecified atom stereocenters. The van der Waals surface area contributed by atoms with Gasteiger partial charge in [-0.1, -0.05) is 26.2 Å². The minimum atomic E-state index is 0.748. The van der Waals surface area contributed by atoms with Crippen molar-refractivity contribution in [3.63, 3.8) is 0 Å². The molecule has 2 saturated carbocycles. The van der Waals surface area contributed by atoms with Gasteiger partial charge in [-0.25, -0.2) is 0 Å². The third-order valence-electron chi connectivity index (χ3n) is 5.80. The van der Waals surface area contributed by atoms with Crippen LogP contribution in [0.25, 0.3) is 0 Å². The molecule has 3 aliphatic rings. The molecule has 0 aromatic rings. The van der Waals surface area contributed by atoms with Crippen LogP contribution < -0.4 is 5.32 Å². The van der Waals surface area contributed by atoms with Crippen LogP contribution in [-0.2, 0) is 0 Å². The fourth-order valence-corrected chi connectivity index (χ4v) is 4.28. The summed E-state index contributed by atoms with van der Waals surface area (Å²) in [5.74, 6) is 0.937. The number of nitrogens with one attached hydrogen (secondary N) is 1. The molecule has 0 amide bonds. The second kappa shape index (κ2) is 7.94. The van der Waals surface area contributed by atoms with Gasteiger partial charge >= 0.3 is 0 Å². The van der Waals surface area contributed by atoms with Crippen molar-refractivity contribution >= 4 is 0 Å². The molecule has 0 spiro atoms. The summed E-state index contributed by atoms with van der Waals surface area (Å²) >= 11 is 0. The number of hydrogen-bond acceptors (Lipinski definition) is 3. The van der Waals surface area contributed by atoms with Crippen molar-refractivity contribution in [2.45, 2.75) is 70.4 Å². The molecule has 1 saturated heterocycles. The molecule has 122 valence electrons. The van der Waals surface area contributed by atoms with Crippen LogP contribution >= 0.6 is 0 Å². The molecule has 1 N–H and O–H groups in total. The van der Waals surface area contributed by atoms with Gasteiger partial charge in [-0.3, -0.25) is 9.80 Å². The monoisotopic (exact) mass is 293 g/mol. The summed E-state index contributed by atoms with van der Waals surface area (Å²) < 4.78 is 0. The van der Waals surface area contributed by atoms with Gasteiger partial charge in [0, 0.05) is 44.8 Å². The maximum absolute atomic E-state index is 3.88. The molecule has 21 heavy (non-hydrogen) atoms. The average Bonchev–Trinajstić information content (AvgIpc) is 3.38. The van der Waals surface area contributed by atoms with Crippen molar-refractivity contribution in [2.75, 3.05) is 39.3 Å². The first-order valence-electron chi connectivity index (χ1n) is 9.56. The molecule has 0 aromatic heterocycles. The standard InChI is InChI=1S/C18H35N3/c1-2-10-19-18(16-6-4-3-5-7-16)15-20-11-13-21(14-12-20)17-8-9-17/h16-19H,2-15H2,1H3. The first-order chi connectivity index (χ1) is 10.4. The van der Waals surface area contributed by atoms with Crippen LogP contribution in [0, 0.1) is 5.92 Å². The van der Waals surface area contributed by atoms with E-state index in [1.54, 1.807) is 0 Å². The van der Waals surface area contributed by atoms with E-state index in [0.29, 0.717) is 0 Å². The van der Waals surface area contributed by atoms with Crippen molar-refractivity contribution < 1.29 is 0 Å². The Hall–Kier alpha value is -0.120. The summed E-state index contributed by atoms with van der Waals surface area (Å²) in [5.41, 5.74) is 0. The van der Waals surface area contributed by atoms with Crippen molar-refractivity contribution in [3.05, 3.63) is 0 Å². The lowest BCUT2D eigenvalue weighted by Gasteiger charge is -2.39. The lowest BCUT2D eigenvalue weighted by molar-refractivity contribution is 0.104. The molecule has 0 bridgehead atoms. The lowest BCUT2D eigenvalue weighted by Crippen LogP contribution is -2.53. The molecule has 3 nitrogen and oxygen atoms in total. The highest BCUT2D eigenvalue weighted by atomic mass is 15.3. The Kier molecular flexibility index (Phi) is 5.96. The van der Waals surface area contributed by atoms with Gasteiger partial charge in [0.15, 0.2) is 0 Å². The molecule has 0 aromatic carbocycles. The quantitative estimate of drug-likeness (QED) is 0.778. The van der Waals surface area contributed by atoms with E-state index in [1.807, 2.05) is 0 Å². The first kappa shape index (κ1) is 15.8. The summed E-state index contributed by atoms with van der Waals surface area (Å²) in [5, 5.41) is 3.88. The van der Waals surface area contributed by atoms with Crippen LogP contribution in [0.5, 0.6) is 0 Å². The second-order valence-electron chi connectivity index (χ2n) is 7.53. The van der Waals surface area contributed by atoms with E-state index in [-0.39, 0.29) is 0 Å². The molecule has 1 atom stereocenters. The normalized spacial score (nSPS) is 27.9. The van der Waals surface area contributed by atoms with Crippen LogP contribution in [-0.4, -0.2) is 61.2 Å². The van der Waals surface area contributed by atoms with E-state index >= 15 is 0 Å². The summed E-state index contributed by atoms with van der Waals surface area (Å²) in [7, 11) is 0. The Morgan fingerprint density at radius 2 is 1.67 bits per heavy atom. The van der Waals surface area contributed by atoms with Gasteiger partial charge in [0.25, 0.3) is 0 Å². The minimum Gasteiger partial charge on any atom is -0.312 e. The first-order valence-corrected chi connectivity index (χ1v) is 9.56. The van der Waals surface area contributed by atoms with Gasteiger partial charge in [0.05, 0.1) is 0 Å². The highest BCUT2D eigenvalue weighted by Crippen LogP contribution is 2.29. The Morgan fingerprint density at radius 1 is 0.952 bits per heavy atom. The Morgan fingerprint density at radius 3 is 2.29 bits per heavy atom.